The molecule has 0 heterocycles. The molecule has 0 aliphatic heterocycles. The minimum Gasteiger partial charge on any atom is -0.481 e. The van der Waals surface area contributed by atoms with E-state index >= 15 is 0 Å². The molecule has 1 saturated carbocycles. The molecule has 3 heteroatoms. The Morgan fingerprint density at radius 3 is 2.50 bits per heavy atom. The molecule has 0 bridgehead atoms. The van der Waals surface area contributed by atoms with Gasteiger partial charge in [-0.2, -0.15) is 0 Å². The van der Waals surface area contributed by atoms with Gasteiger partial charge in [0.15, 0.2) is 0 Å². The number of nitrogens with zero attached hydrogens (tertiary/aromatic N) is 1. The molecule has 16 heavy (non-hydrogen) atoms. The van der Waals surface area contributed by atoms with E-state index in [2.05, 4.69) is 17.0 Å². The first-order chi connectivity index (χ1) is 7.62. The highest BCUT2D eigenvalue weighted by Gasteiger charge is 2.50. The lowest BCUT2D eigenvalue weighted by Crippen LogP contribution is -2.31. The van der Waals surface area contributed by atoms with Gasteiger partial charge in [-0.1, -0.05) is 30.3 Å². The van der Waals surface area contributed by atoms with E-state index in [9.17, 15) is 4.79 Å². The lowest BCUT2D eigenvalue weighted by molar-refractivity contribution is -0.144. The minimum atomic E-state index is -0.646. The Labute approximate surface area is 95.7 Å². The third-order valence-electron chi connectivity index (χ3n) is 3.18. The van der Waals surface area contributed by atoms with E-state index in [-0.39, 0.29) is 0 Å². The van der Waals surface area contributed by atoms with Crippen molar-refractivity contribution < 1.29 is 9.90 Å². The highest BCUT2D eigenvalue weighted by atomic mass is 16.4. The minimum absolute atomic E-state index is 0.455. The number of carboxylic acid groups (broad SMARTS) is 1. The summed E-state index contributed by atoms with van der Waals surface area (Å²) in [7, 11) is 1.98. The van der Waals surface area contributed by atoms with Gasteiger partial charge in [-0.25, -0.2) is 0 Å². The summed E-state index contributed by atoms with van der Waals surface area (Å²) in [5, 5.41) is 9.09. The normalized spacial score (nSPS) is 17.4. The van der Waals surface area contributed by atoms with Crippen LogP contribution < -0.4 is 0 Å². The van der Waals surface area contributed by atoms with Crippen molar-refractivity contribution in [2.45, 2.75) is 19.4 Å². The third-order valence-corrected chi connectivity index (χ3v) is 3.18. The molecule has 0 spiro atoms. The quantitative estimate of drug-likeness (QED) is 0.823. The van der Waals surface area contributed by atoms with Gasteiger partial charge in [0, 0.05) is 13.1 Å². The van der Waals surface area contributed by atoms with Gasteiger partial charge in [-0.15, -0.1) is 0 Å². The van der Waals surface area contributed by atoms with Gasteiger partial charge in [-0.3, -0.25) is 4.79 Å². The molecular formula is C13H17NO2. The smallest absolute Gasteiger partial charge is 0.310 e. The molecule has 0 amide bonds. The standard InChI is InChI=1S/C13H17NO2/c1-14(9-11-5-3-2-4-6-11)10-13(7-8-13)12(15)16/h2-6H,7-10H2,1H3,(H,15,16). The zero-order valence-corrected chi connectivity index (χ0v) is 9.52. The lowest BCUT2D eigenvalue weighted by atomic mass is 10.1. The molecule has 0 saturated heterocycles. The summed E-state index contributed by atoms with van der Waals surface area (Å²) in [5.74, 6) is -0.646. The van der Waals surface area contributed by atoms with Gasteiger partial charge in [-0.05, 0) is 25.5 Å². The highest BCUT2D eigenvalue weighted by Crippen LogP contribution is 2.46. The SMILES string of the molecule is CN(Cc1ccccc1)CC1(C(=O)O)CC1. The van der Waals surface area contributed by atoms with E-state index in [4.69, 9.17) is 5.11 Å². The number of benzene rings is 1. The van der Waals surface area contributed by atoms with Crippen molar-refractivity contribution in [2.75, 3.05) is 13.6 Å². The van der Waals surface area contributed by atoms with Crippen molar-refractivity contribution >= 4 is 5.97 Å². The summed E-state index contributed by atoms with van der Waals surface area (Å²) >= 11 is 0. The molecule has 3 nitrogen and oxygen atoms in total. The summed E-state index contributed by atoms with van der Waals surface area (Å²) in [6, 6.07) is 10.1. The fourth-order valence-corrected chi connectivity index (χ4v) is 2.06. The van der Waals surface area contributed by atoms with Crippen molar-refractivity contribution in [2.24, 2.45) is 5.41 Å². The molecule has 1 N–H and O–H groups in total. The number of rotatable bonds is 5. The molecule has 0 aromatic heterocycles. The molecule has 0 atom stereocenters. The Morgan fingerprint density at radius 1 is 1.38 bits per heavy atom. The Hall–Kier alpha value is -1.35. The van der Waals surface area contributed by atoms with E-state index < -0.39 is 11.4 Å². The maximum atomic E-state index is 11.0. The predicted molar refractivity (Wildman–Crippen MR) is 62.1 cm³/mol. The molecular weight excluding hydrogens is 202 g/mol. The Morgan fingerprint density at radius 2 is 2.00 bits per heavy atom. The van der Waals surface area contributed by atoms with Crippen LogP contribution in [0.3, 0.4) is 0 Å². The molecule has 1 aliphatic rings. The van der Waals surface area contributed by atoms with E-state index in [1.807, 2.05) is 25.2 Å². The number of hydrogen-bond donors (Lipinski definition) is 1. The first-order valence-corrected chi connectivity index (χ1v) is 5.58. The van der Waals surface area contributed by atoms with Gasteiger partial charge in [0.2, 0.25) is 0 Å². The maximum Gasteiger partial charge on any atom is 0.310 e. The zero-order chi connectivity index (χ0) is 11.6. The largest absolute Gasteiger partial charge is 0.481 e. The van der Waals surface area contributed by atoms with Gasteiger partial charge >= 0.3 is 5.97 Å². The summed E-state index contributed by atoms with van der Waals surface area (Å²) in [6.45, 7) is 1.47. The second-order valence-corrected chi connectivity index (χ2v) is 4.74. The van der Waals surface area contributed by atoms with E-state index in [1.54, 1.807) is 0 Å². The van der Waals surface area contributed by atoms with Crippen LogP contribution in [-0.2, 0) is 11.3 Å². The van der Waals surface area contributed by atoms with E-state index in [0.29, 0.717) is 6.54 Å². The Kier molecular flexibility index (Phi) is 2.97. The van der Waals surface area contributed by atoms with Crippen molar-refractivity contribution in [3.05, 3.63) is 35.9 Å². The van der Waals surface area contributed by atoms with E-state index in [0.717, 1.165) is 19.4 Å². The average Bonchev–Trinajstić information content (AvgIpc) is 3.00. The lowest BCUT2D eigenvalue weighted by Gasteiger charge is -2.20. The fraction of sp³-hybridized carbons (Fsp3) is 0.462. The molecule has 86 valence electrons. The topological polar surface area (TPSA) is 40.5 Å². The van der Waals surface area contributed by atoms with Crippen LogP contribution in [0.1, 0.15) is 18.4 Å². The number of aliphatic carboxylic acids is 1. The van der Waals surface area contributed by atoms with Gasteiger partial charge in [0.05, 0.1) is 5.41 Å². The van der Waals surface area contributed by atoms with Crippen LogP contribution >= 0.6 is 0 Å². The summed E-state index contributed by atoms with van der Waals surface area (Å²) in [6.07, 6.45) is 1.64. The van der Waals surface area contributed by atoms with Crippen LogP contribution in [0.2, 0.25) is 0 Å². The van der Waals surface area contributed by atoms with Crippen LogP contribution in [0.5, 0.6) is 0 Å². The fourth-order valence-electron chi connectivity index (χ4n) is 2.06. The molecule has 0 radical (unpaired) electrons. The number of carbonyl (C=O) groups is 1. The third kappa shape index (κ3) is 2.42. The summed E-state index contributed by atoms with van der Waals surface area (Å²) in [4.78, 5) is 13.1. The first-order valence-electron chi connectivity index (χ1n) is 5.58. The van der Waals surface area contributed by atoms with Crippen LogP contribution in [-0.4, -0.2) is 29.6 Å². The van der Waals surface area contributed by atoms with Crippen molar-refractivity contribution in [1.29, 1.82) is 0 Å². The predicted octanol–water partition coefficient (Wildman–Crippen LogP) is 1.98. The molecule has 1 aliphatic carbocycles. The van der Waals surface area contributed by atoms with Crippen molar-refractivity contribution in [1.82, 2.24) is 4.90 Å². The zero-order valence-electron chi connectivity index (χ0n) is 9.52. The molecule has 1 aromatic rings. The molecule has 1 aromatic carbocycles. The van der Waals surface area contributed by atoms with Crippen molar-refractivity contribution in [3.63, 3.8) is 0 Å². The Bertz CT molecular complexity index is 371. The average molecular weight is 219 g/mol. The van der Waals surface area contributed by atoms with E-state index in [1.165, 1.54) is 5.56 Å². The van der Waals surface area contributed by atoms with Crippen LogP contribution in [0.4, 0.5) is 0 Å². The van der Waals surface area contributed by atoms with Crippen molar-refractivity contribution in [3.8, 4) is 0 Å². The second-order valence-electron chi connectivity index (χ2n) is 4.74. The van der Waals surface area contributed by atoms with Crippen LogP contribution in [0, 0.1) is 5.41 Å². The first kappa shape index (κ1) is 11.1. The number of carboxylic acids is 1. The maximum absolute atomic E-state index is 11.0. The monoisotopic (exact) mass is 219 g/mol. The van der Waals surface area contributed by atoms with Gasteiger partial charge < -0.3 is 10.0 Å². The van der Waals surface area contributed by atoms with Gasteiger partial charge in [0.1, 0.15) is 0 Å². The molecule has 2 rings (SSSR count). The molecule has 0 unspecified atom stereocenters. The van der Waals surface area contributed by atoms with Crippen LogP contribution in [0.15, 0.2) is 30.3 Å². The molecule has 1 fully saturated rings. The summed E-state index contributed by atoms with van der Waals surface area (Å²) < 4.78 is 0. The second kappa shape index (κ2) is 4.26. The highest BCUT2D eigenvalue weighted by molar-refractivity contribution is 5.78. The summed E-state index contributed by atoms with van der Waals surface area (Å²) in [5.41, 5.74) is 0.773. The van der Waals surface area contributed by atoms with Crippen LogP contribution in [0.25, 0.3) is 0 Å². The Balaban J connectivity index is 1.90. The van der Waals surface area contributed by atoms with Gasteiger partial charge in [0.25, 0.3) is 0 Å². The number of hydrogen-bond acceptors (Lipinski definition) is 2.